The molecular weight excluding hydrogens is 576 g/mol. The van der Waals surface area contributed by atoms with Gasteiger partial charge in [0, 0.05) is 18.2 Å². The van der Waals surface area contributed by atoms with Crippen LogP contribution in [0.25, 0.3) is 0 Å². The van der Waals surface area contributed by atoms with Crippen LogP contribution in [0.2, 0.25) is 0 Å². The molecule has 1 heterocycles. The van der Waals surface area contributed by atoms with Gasteiger partial charge in [0.05, 0.1) is 12.1 Å². The SMILES string of the molecule is Cc1c(/C(=N/N)NN)ccc2c1CCC2NC(=O)c1cc(C(=O)NCc2ccc3c(c2)C(Nc2c(N)c(=O)c2=O)CC3)ncn1. The highest BCUT2D eigenvalue weighted by Gasteiger charge is 2.29. The fourth-order valence-corrected chi connectivity index (χ4v) is 6.22. The smallest absolute Gasteiger partial charge is 0.270 e. The second-order valence-electron chi connectivity index (χ2n) is 11.2. The molecule has 0 aliphatic heterocycles. The quantitative estimate of drug-likeness (QED) is 0.0478. The third-order valence-electron chi connectivity index (χ3n) is 8.66. The predicted octanol–water partition coefficient (Wildman–Crippen LogP) is 0.494. The first-order valence-electron chi connectivity index (χ1n) is 14.5. The number of hydrogen-bond donors (Lipinski definition) is 7. The summed E-state index contributed by atoms with van der Waals surface area (Å²) in [6, 6.07) is 10.6. The largest absolute Gasteiger partial charge is 0.394 e. The third kappa shape index (κ3) is 5.35. The number of anilines is 2. The van der Waals surface area contributed by atoms with Crippen molar-refractivity contribution in [3.8, 4) is 0 Å². The molecule has 0 spiro atoms. The molecule has 2 amide bonds. The van der Waals surface area contributed by atoms with Crippen molar-refractivity contribution >= 4 is 29.0 Å². The summed E-state index contributed by atoms with van der Waals surface area (Å²) in [5.41, 5.74) is 14.0. The van der Waals surface area contributed by atoms with E-state index in [0.717, 1.165) is 58.2 Å². The van der Waals surface area contributed by atoms with Gasteiger partial charge in [-0.2, -0.15) is 5.10 Å². The van der Waals surface area contributed by atoms with E-state index in [1.807, 2.05) is 37.3 Å². The zero-order valence-electron chi connectivity index (χ0n) is 24.4. The number of aromatic nitrogens is 2. The van der Waals surface area contributed by atoms with Crippen molar-refractivity contribution in [2.75, 3.05) is 11.1 Å². The van der Waals surface area contributed by atoms with Crippen LogP contribution in [-0.2, 0) is 19.4 Å². The lowest BCUT2D eigenvalue weighted by molar-refractivity contribution is 0.0931. The summed E-state index contributed by atoms with van der Waals surface area (Å²) in [7, 11) is 0. The molecule has 0 radical (unpaired) electrons. The molecule has 2 aliphatic rings. The lowest BCUT2D eigenvalue weighted by atomic mass is 9.97. The molecule has 4 aromatic rings. The molecule has 45 heavy (non-hydrogen) atoms. The normalized spacial score (nSPS) is 17.1. The lowest BCUT2D eigenvalue weighted by Crippen LogP contribution is -2.37. The first kappa shape index (κ1) is 29.4. The van der Waals surface area contributed by atoms with Crippen LogP contribution in [0.1, 0.15) is 84.8 Å². The van der Waals surface area contributed by atoms with E-state index >= 15 is 0 Å². The van der Waals surface area contributed by atoms with Crippen LogP contribution >= 0.6 is 0 Å². The molecule has 0 bridgehead atoms. The number of fused-ring (bicyclic) bond motifs is 2. The second-order valence-corrected chi connectivity index (χ2v) is 11.2. The Bertz CT molecular complexity index is 1950. The van der Waals surface area contributed by atoms with Crippen LogP contribution in [0.3, 0.4) is 0 Å². The first-order valence-corrected chi connectivity index (χ1v) is 14.5. The standard InChI is InChI=1S/C31H32N10O4/c1-14-17-7-9-21(19(17)6-5-18(14)29(40-33)41-34)39-31(45)24-11-23(36-13-37-24)30(44)35-12-15-2-3-16-4-8-22(20(16)10-15)38-26-25(32)27(42)28(26)43/h2-3,5-6,10-11,13,21-22,38H,4,7-9,12,32-34H2,1H3,(H,35,44)(H,39,45)(H,40,41). The van der Waals surface area contributed by atoms with Crippen molar-refractivity contribution < 1.29 is 9.59 Å². The molecule has 10 N–H and O–H groups in total. The van der Waals surface area contributed by atoms with Crippen molar-refractivity contribution in [2.45, 2.75) is 51.2 Å². The van der Waals surface area contributed by atoms with Gasteiger partial charge in [-0.15, -0.1) is 0 Å². The number of nitrogens with two attached hydrogens (primary N) is 3. The molecule has 0 saturated carbocycles. The molecule has 2 unspecified atom stereocenters. The maximum Gasteiger partial charge on any atom is 0.270 e. The number of carbonyl (C=O) groups is 2. The van der Waals surface area contributed by atoms with E-state index in [1.54, 1.807) is 0 Å². The zero-order valence-corrected chi connectivity index (χ0v) is 24.4. The number of amidine groups is 1. The first-order chi connectivity index (χ1) is 21.7. The Balaban J connectivity index is 1.10. The molecular formula is C31H32N10O4. The maximum absolute atomic E-state index is 13.2. The molecule has 0 saturated heterocycles. The minimum Gasteiger partial charge on any atom is -0.394 e. The lowest BCUT2D eigenvalue weighted by Gasteiger charge is -2.18. The number of hydrogen-bond acceptors (Lipinski definition) is 11. The minimum absolute atomic E-state index is 0.0375. The van der Waals surface area contributed by atoms with Gasteiger partial charge in [-0.1, -0.05) is 30.3 Å². The van der Waals surface area contributed by atoms with Gasteiger partial charge >= 0.3 is 0 Å². The molecule has 0 fully saturated rings. The molecule has 2 aliphatic carbocycles. The fourth-order valence-electron chi connectivity index (χ4n) is 6.22. The summed E-state index contributed by atoms with van der Waals surface area (Å²) in [4.78, 5) is 57.7. The number of benzene rings is 2. The molecule has 14 nitrogen and oxygen atoms in total. The molecule has 3 aromatic carbocycles. The number of rotatable bonds is 8. The van der Waals surface area contributed by atoms with E-state index in [4.69, 9.17) is 17.4 Å². The number of carbonyl (C=O) groups excluding carboxylic acids is 2. The highest BCUT2D eigenvalue weighted by molar-refractivity contribution is 6.00. The summed E-state index contributed by atoms with van der Waals surface area (Å²) in [5.74, 6) is 10.5. The molecule has 6 rings (SSSR count). The van der Waals surface area contributed by atoms with Crippen LogP contribution < -0.4 is 49.7 Å². The Morgan fingerprint density at radius 3 is 2.44 bits per heavy atom. The number of hydrazine groups is 1. The summed E-state index contributed by atoms with van der Waals surface area (Å²) in [6.07, 6.45) is 4.20. The Kier molecular flexibility index (Phi) is 7.72. The number of nitrogens with zero attached hydrogens (tertiary/aromatic N) is 3. The van der Waals surface area contributed by atoms with E-state index in [1.165, 1.54) is 12.4 Å². The molecule has 230 valence electrons. The van der Waals surface area contributed by atoms with Gasteiger partial charge in [-0.3, -0.25) is 19.2 Å². The van der Waals surface area contributed by atoms with Crippen LogP contribution in [-0.4, -0.2) is 27.6 Å². The van der Waals surface area contributed by atoms with Gasteiger partial charge in [0.1, 0.15) is 29.1 Å². The van der Waals surface area contributed by atoms with E-state index in [9.17, 15) is 19.2 Å². The van der Waals surface area contributed by atoms with Crippen LogP contribution in [0.5, 0.6) is 0 Å². The molecule has 2 atom stereocenters. The second kappa shape index (κ2) is 11.8. The van der Waals surface area contributed by atoms with Crippen molar-refractivity contribution in [1.82, 2.24) is 26.0 Å². The van der Waals surface area contributed by atoms with Crippen molar-refractivity contribution in [3.05, 3.63) is 114 Å². The summed E-state index contributed by atoms with van der Waals surface area (Å²) in [6.45, 7) is 2.17. The Morgan fingerprint density at radius 2 is 1.71 bits per heavy atom. The van der Waals surface area contributed by atoms with Gasteiger partial charge in [-0.05, 0) is 66.0 Å². The van der Waals surface area contributed by atoms with Crippen molar-refractivity contribution in [2.24, 2.45) is 16.8 Å². The molecule has 1 aromatic heterocycles. The predicted molar refractivity (Wildman–Crippen MR) is 168 cm³/mol. The maximum atomic E-state index is 13.2. The zero-order chi connectivity index (χ0) is 31.8. The summed E-state index contributed by atoms with van der Waals surface area (Å²) < 4.78 is 0. The van der Waals surface area contributed by atoms with Gasteiger partial charge < -0.3 is 33.0 Å². The van der Waals surface area contributed by atoms with Gasteiger partial charge in [0.15, 0.2) is 5.84 Å². The van der Waals surface area contributed by atoms with Gasteiger partial charge in [0.2, 0.25) is 0 Å². The Hall–Kier alpha value is -5.63. The minimum atomic E-state index is -0.663. The highest BCUT2D eigenvalue weighted by atomic mass is 16.2. The number of nitrogen functional groups attached to an aromatic ring is 1. The number of nitrogens with one attached hydrogen (secondary N) is 4. The highest BCUT2D eigenvalue weighted by Crippen LogP contribution is 2.36. The topological polar surface area (TPSA) is 233 Å². The van der Waals surface area contributed by atoms with E-state index in [0.29, 0.717) is 12.3 Å². The number of hydrazone groups is 1. The monoisotopic (exact) mass is 608 g/mol. The third-order valence-corrected chi connectivity index (χ3v) is 8.66. The van der Waals surface area contributed by atoms with Crippen molar-refractivity contribution in [1.29, 1.82) is 0 Å². The number of aryl methyl sites for hydroxylation is 1. The van der Waals surface area contributed by atoms with Gasteiger partial charge in [-0.25, -0.2) is 15.8 Å². The van der Waals surface area contributed by atoms with Crippen LogP contribution in [0, 0.1) is 6.92 Å². The Morgan fingerprint density at radius 1 is 0.956 bits per heavy atom. The van der Waals surface area contributed by atoms with Gasteiger partial charge in [0.25, 0.3) is 22.7 Å². The summed E-state index contributed by atoms with van der Waals surface area (Å²) >= 11 is 0. The number of amides is 2. The summed E-state index contributed by atoms with van der Waals surface area (Å²) in [5, 5.41) is 12.7. The fraction of sp³-hybridized carbons (Fsp3) is 0.258. The van der Waals surface area contributed by atoms with E-state index in [-0.39, 0.29) is 41.4 Å². The van der Waals surface area contributed by atoms with E-state index in [2.05, 4.69) is 36.4 Å². The average Bonchev–Trinajstić information content (AvgIpc) is 3.67. The average molecular weight is 609 g/mol. The Labute approximate surface area is 257 Å². The van der Waals surface area contributed by atoms with Crippen LogP contribution in [0.4, 0.5) is 11.4 Å². The molecule has 14 heteroatoms. The van der Waals surface area contributed by atoms with Crippen LogP contribution in [0.15, 0.2) is 57.4 Å². The van der Waals surface area contributed by atoms with E-state index < -0.39 is 22.7 Å². The van der Waals surface area contributed by atoms with Crippen molar-refractivity contribution in [3.63, 3.8) is 0 Å².